The van der Waals surface area contributed by atoms with E-state index >= 15 is 0 Å². The van der Waals surface area contributed by atoms with Gasteiger partial charge >= 0.3 is 0 Å². The van der Waals surface area contributed by atoms with Crippen LogP contribution in [-0.4, -0.2) is 48.5 Å². The van der Waals surface area contributed by atoms with Gasteiger partial charge in [-0.15, -0.1) is 0 Å². The summed E-state index contributed by atoms with van der Waals surface area (Å²) < 4.78 is 1.97. The number of carbonyl (C=O) groups is 2. The summed E-state index contributed by atoms with van der Waals surface area (Å²) in [5.74, 6) is 0.221. The van der Waals surface area contributed by atoms with E-state index < -0.39 is 5.91 Å². The monoisotopic (exact) mass is 496 g/mol. The molecule has 3 heterocycles. The summed E-state index contributed by atoms with van der Waals surface area (Å²) >= 11 is 0. The molecule has 1 fully saturated rings. The zero-order valence-corrected chi connectivity index (χ0v) is 21.2. The SMILES string of the molecule is C[C@@H]1CCC[C@H](C)N1C(=O)CCc1cn(-c2ccccc2)c(-c2c(C(N)=O)cccc2-c2cn[nH]c2)n1. The fraction of sp³-hybridized carbons (Fsp3) is 0.310. The van der Waals surface area contributed by atoms with Crippen molar-refractivity contribution in [3.63, 3.8) is 0 Å². The highest BCUT2D eigenvalue weighted by Crippen LogP contribution is 2.36. The third-order valence-corrected chi connectivity index (χ3v) is 7.23. The minimum atomic E-state index is -0.534. The van der Waals surface area contributed by atoms with E-state index in [0.29, 0.717) is 29.8 Å². The fourth-order valence-electron chi connectivity index (χ4n) is 5.43. The van der Waals surface area contributed by atoms with Gasteiger partial charge < -0.3 is 10.6 Å². The Morgan fingerprint density at radius 3 is 2.49 bits per heavy atom. The number of H-pyrrole nitrogens is 1. The molecule has 3 N–H and O–H groups in total. The van der Waals surface area contributed by atoms with Crippen molar-refractivity contribution in [2.24, 2.45) is 5.73 Å². The molecule has 1 saturated heterocycles. The van der Waals surface area contributed by atoms with E-state index in [4.69, 9.17) is 10.7 Å². The number of aromatic amines is 1. The first kappa shape index (κ1) is 24.5. The maximum atomic E-state index is 13.2. The Bertz CT molecular complexity index is 1380. The Morgan fingerprint density at radius 2 is 1.81 bits per heavy atom. The van der Waals surface area contributed by atoms with E-state index in [1.807, 2.05) is 58.1 Å². The van der Waals surface area contributed by atoms with Crippen molar-refractivity contribution in [3.05, 3.63) is 78.4 Å². The Kier molecular flexibility index (Phi) is 6.90. The van der Waals surface area contributed by atoms with Crippen molar-refractivity contribution >= 4 is 11.8 Å². The number of primary amides is 1. The summed E-state index contributed by atoms with van der Waals surface area (Å²) in [5, 5.41) is 6.93. The molecule has 0 aliphatic carbocycles. The fourth-order valence-corrected chi connectivity index (χ4v) is 5.43. The normalized spacial score (nSPS) is 17.6. The lowest BCUT2D eigenvalue weighted by Gasteiger charge is -2.39. The van der Waals surface area contributed by atoms with Crippen molar-refractivity contribution in [3.8, 4) is 28.2 Å². The molecule has 1 aliphatic rings. The van der Waals surface area contributed by atoms with E-state index in [1.165, 1.54) is 0 Å². The zero-order chi connectivity index (χ0) is 25.9. The number of likely N-dealkylation sites (tertiary alicyclic amines) is 1. The molecule has 2 aromatic carbocycles. The maximum Gasteiger partial charge on any atom is 0.249 e. The van der Waals surface area contributed by atoms with Gasteiger partial charge in [-0.25, -0.2) is 4.98 Å². The Labute approximate surface area is 216 Å². The lowest BCUT2D eigenvalue weighted by molar-refractivity contribution is -0.137. The van der Waals surface area contributed by atoms with Gasteiger partial charge in [0.15, 0.2) is 0 Å². The Morgan fingerprint density at radius 1 is 1.05 bits per heavy atom. The molecular weight excluding hydrogens is 464 g/mol. The summed E-state index contributed by atoms with van der Waals surface area (Å²) in [5.41, 5.74) is 10.1. The summed E-state index contributed by atoms with van der Waals surface area (Å²) in [6, 6.07) is 15.8. The summed E-state index contributed by atoms with van der Waals surface area (Å²) in [6.45, 7) is 4.27. The second-order valence-corrected chi connectivity index (χ2v) is 9.77. The predicted octanol–water partition coefficient (Wildman–Crippen LogP) is 4.75. The number of carbonyl (C=O) groups excluding carboxylic acids is 2. The van der Waals surface area contributed by atoms with E-state index in [0.717, 1.165) is 41.8 Å². The van der Waals surface area contributed by atoms with Crippen LogP contribution in [0.5, 0.6) is 0 Å². The standard InChI is InChI=1S/C29H32N6O2/c1-19-8-6-9-20(2)35(19)26(36)15-14-22-18-34(23-10-4-3-5-11-23)29(33-22)27-24(21-16-31-32-17-21)12-7-13-25(27)28(30)37/h3-5,7,10-13,16-20H,6,8-9,14-15H2,1-2H3,(H2,30,37)(H,31,32)/t19-,20+. The second-order valence-electron chi connectivity index (χ2n) is 9.77. The number of para-hydroxylation sites is 1. The van der Waals surface area contributed by atoms with E-state index in [9.17, 15) is 9.59 Å². The van der Waals surface area contributed by atoms with Crippen LogP contribution in [-0.2, 0) is 11.2 Å². The van der Waals surface area contributed by atoms with Crippen molar-refractivity contribution in [2.45, 2.75) is 58.0 Å². The molecule has 190 valence electrons. The smallest absolute Gasteiger partial charge is 0.249 e. The van der Waals surface area contributed by atoms with Gasteiger partial charge in [-0.1, -0.05) is 30.3 Å². The van der Waals surface area contributed by atoms with Gasteiger partial charge in [0.1, 0.15) is 5.82 Å². The van der Waals surface area contributed by atoms with Crippen molar-refractivity contribution in [1.29, 1.82) is 0 Å². The highest BCUT2D eigenvalue weighted by molar-refractivity contribution is 6.03. The molecule has 37 heavy (non-hydrogen) atoms. The van der Waals surface area contributed by atoms with Gasteiger partial charge in [0.25, 0.3) is 0 Å². The molecule has 0 spiro atoms. The molecule has 2 atom stereocenters. The number of nitrogens with one attached hydrogen (secondary N) is 1. The maximum absolute atomic E-state index is 13.2. The number of benzene rings is 2. The molecule has 5 rings (SSSR count). The number of hydrogen-bond donors (Lipinski definition) is 2. The molecule has 0 bridgehead atoms. The highest BCUT2D eigenvalue weighted by atomic mass is 16.2. The van der Waals surface area contributed by atoms with Gasteiger partial charge in [-0.05, 0) is 63.3 Å². The molecule has 8 heteroatoms. The van der Waals surface area contributed by atoms with Gasteiger partial charge in [-0.2, -0.15) is 5.10 Å². The number of rotatable bonds is 7. The second kappa shape index (κ2) is 10.4. The number of nitrogens with zero attached hydrogens (tertiary/aromatic N) is 4. The largest absolute Gasteiger partial charge is 0.366 e. The number of aryl methyl sites for hydroxylation is 1. The quantitative estimate of drug-likeness (QED) is 0.385. The minimum absolute atomic E-state index is 0.159. The lowest BCUT2D eigenvalue weighted by Crippen LogP contribution is -2.47. The Balaban J connectivity index is 1.57. The van der Waals surface area contributed by atoms with Crippen LogP contribution < -0.4 is 5.73 Å². The van der Waals surface area contributed by atoms with Crippen LogP contribution in [0.15, 0.2) is 67.1 Å². The first-order valence-corrected chi connectivity index (χ1v) is 12.8. The highest BCUT2D eigenvalue weighted by Gasteiger charge is 2.29. The summed E-state index contributed by atoms with van der Waals surface area (Å²) in [6.07, 6.45) is 9.58. The van der Waals surface area contributed by atoms with Crippen molar-refractivity contribution in [1.82, 2.24) is 24.6 Å². The first-order valence-electron chi connectivity index (χ1n) is 12.8. The molecule has 0 saturated carbocycles. The molecule has 2 amide bonds. The van der Waals surface area contributed by atoms with Crippen LogP contribution in [0.2, 0.25) is 0 Å². The van der Waals surface area contributed by atoms with Crippen molar-refractivity contribution < 1.29 is 9.59 Å². The van der Waals surface area contributed by atoms with Gasteiger partial charge in [0.2, 0.25) is 11.8 Å². The van der Waals surface area contributed by atoms with Gasteiger partial charge in [-0.3, -0.25) is 19.3 Å². The van der Waals surface area contributed by atoms with Crippen molar-refractivity contribution in [2.75, 3.05) is 0 Å². The third-order valence-electron chi connectivity index (χ3n) is 7.23. The van der Waals surface area contributed by atoms with E-state index in [2.05, 4.69) is 24.0 Å². The van der Waals surface area contributed by atoms with Gasteiger partial charge in [0.05, 0.1) is 17.5 Å². The van der Waals surface area contributed by atoms with Crippen LogP contribution in [0.1, 0.15) is 55.6 Å². The van der Waals surface area contributed by atoms with Crippen LogP contribution in [0, 0.1) is 0 Å². The third kappa shape index (κ3) is 4.91. The molecule has 1 aliphatic heterocycles. The summed E-state index contributed by atoms with van der Waals surface area (Å²) in [7, 11) is 0. The zero-order valence-electron chi connectivity index (χ0n) is 21.2. The van der Waals surface area contributed by atoms with E-state index in [-0.39, 0.29) is 18.0 Å². The average Bonchev–Trinajstić information content (AvgIpc) is 3.58. The number of piperidine rings is 1. The molecule has 2 aromatic heterocycles. The number of nitrogens with two attached hydrogens (primary N) is 1. The topological polar surface area (TPSA) is 110 Å². The minimum Gasteiger partial charge on any atom is -0.366 e. The van der Waals surface area contributed by atoms with E-state index in [1.54, 1.807) is 18.5 Å². The molecule has 0 unspecified atom stereocenters. The Hall–Kier alpha value is -4.20. The van der Waals surface area contributed by atoms with Crippen LogP contribution in [0.25, 0.3) is 28.2 Å². The number of hydrogen-bond acceptors (Lipinski definition) is 4. The summed E-state index contributed by atoms with van der Waals surface area (Å²) in [4.78, 5) is 32.8. The van der Waals surface area contributed by atoms with Crippen LogP contribution >= 0.6 is 0 Å². The van der Waals surface area contributed by atoms with Gasteiger partial charge in [0, 0.05) is 47.7 Å². The number of amides is 2. The number of aromatic nitrogens is 4. The molecule has 4 aromatic rings. The molecule has 0 radical (unpaired) electrons. The van der Waals surface area contributed by atoms with Crippen LogP contribution in [0.3, 0.4) is 0 Å². The average molecular weight is 497 g/mol. The van der Waals surface area contributed by atoms with Crippen LogP contribution in [0.4, 0.5) is 0 Å². The molecular formula is C29H32N6O2. The first-order chi connectivity index (χ1) is 17.9. The predicted molar refractivity (Wildman–Crippen MR) is 143 cm³/mol. The number of imidazole rings is 1. The molecule has 8 nitrogen and oxygen atoms in total. The lowest BCUT2D eigenvalue weighted by atomic mass is 9.96.